The van der Waals surface area contributed by atoms with Crippen molar-refractivity contribution in [3.63, 3.8) is 0 Å². The van der Waals surface area contributed by atoms with Crippen molar-refractivity contribution >= 4 is 5.97 Å². The molecule has 2 aromatic rings. The summed E-state index contributed by atoms with van der Waals surface area (Å²) >= 11 is 0. The zero-order chi connectivity index (χ0) is 11.3. The van der Waals surface area contributed by atoms with Crippen LogP contribution in [-0.2, 0) is 6.42 Å². The van der Waals surface area contributed by atoms with E-state index in [1.165, 1.54) is 6.39 Å². The number of carbonyl (C=O) groups is 1. The zero-order valence-corrected chi connectivity index (χ0v) is 7.97. The predicted octanol–water partition coefficient (Wildman–Crippen LogP) is 0.352. The number of aromatic amines is 1. The highest BCUT2D eigenvalue weighted by Gasteiger charge is 2.33. The molecule has 3 N–H and O–H groups in total. The van der Waals surface area contributed by atoms with Gasteiger partial charge >= 0.3 is 5.97 Å². The van der Waals surface area contributed by atoms with Crippen LogP contribution in [0.5, 0.6) is 0 Å². The van der Waals surface area contributed by atoms with Gasteiger partial charge in [-0.05, 0) is 0 Å². The van der Waals surface area contributed by atoms with Crippen molar-refractivity contribution in [2.24, 2.45) is 0 Å². The highest BCUT2D eigenvalue weighted by molar-refractivity contribution is 5.90. The number of nitrogens with zero attached hydrogens (tertiary/aromatic N) is 2. The van der Waals surface area contributed by atoms with E-state index in [0.717, 1.165) is 0 Å². The Labute approximate surface area is 88.7 Å². The van der Waals surface area contributed by atoms with Crippen LogP contribution in [0.25, 0.3) is 11.4 Å². The van der Waals surface area contributed by atoms with Crippen LogP contribution in [0.3, 0.4) is 0 Å². The summed E-state index contributed by atoms with van der Waals surface area (Å²) in [5.41, 5.74) is 1.01. The second kappa shape index (κ2) is 2.92. The number of aromatic carboxylic acids is 1. The molecule has 1 unspecified atom stereocenters. The Morgan fingerprint density at radius 2 is 2.38 bits per heavy atom. The lowest BCUT2D eigenvalue weighted by atomic mass is 9.94. The minimum absolute atomic E-state index is 0.101. The molecule has 0 saturated carbocycles. The Bertz CT molecular complexity index is 571. The van der Waals surface area contributed by atoms with Crippen molar-refractivity contribution in [1.29, 1.82) is 0 Å². The fourth-order valence-electron chi connectivity index (χ4n) is 1.90. The first-order valence-electron chi connectivity index (χ1n) is 4.61. The SMILES string of the molecule is O=C(O)c1[nH]nc2c1C(O)Cc1ocnc1-2. The summed E-state index contributed by atoms with van der Waals surface area (Å²) in [6, 6.07) is 0. The summed E-state index contributed by atoms with van der Waals surface area (Å²) in [6.07, 6.45) is 0.532. The van der Waals surface area contributed by atoms with Crippen LogP contribution < -0.4 is 0 Å². The number of nitrogens with one attached hydrogen (secondary N) is 1. The first-order chi connectivity index (χ1) is 7.68. The number of hydrogen-bond donors (Lipinski definition) is 3. The van der Waals surface area contributed by atoms with E-state index in [2.05, 4.69) is 15.2 Å². The molecule has 0 aromatic carbocycles. The molecule has 0 spiro atoms. The molecule has 0 amide bonds. The van der Waals surface area contributed by atoms with Gasteiger partial charge < -0.3 is 14.6 Å². The molecule has 3 rings (SSSR count). The zero-order valence-electron chi connectivity index (χ0n) is 7.97. The third-order valence-corrected chi connectivity index (χ3v) is 2.59. The van der Waals surface area contributed by atoms with E-state index in [1.807, 2.05) is 0 Å². The van der Waals surface area contributed by atoms with Crippen molar-refractivity contribution in [3.8, 4) is 11.4 Å². The van der Waals surface area contributed by atoms with Gasteiger partial charge in [-0.25, -0.2) is 9.78 Å². The van der Waals surface area contributed by atoms with Crippen molar-refractivity contribution in [1.82, 2.24) is 15.2 Å². The number of H-pyrrole nitrogens is 1. The summed E-state index contributed by atoms with van der Waals surface area (Å²) in [5.74, 6) is -0.636. The highest BCUT2D eigenvalue weighted by atomic mass is 16.4. The molecule has 0 radical (unpaired) electrons. The monoisotopic (exact) mass is 221 g/mol. The standard InChI is InChI=1S/C9H7N3O4/c13-3-1-4-6(10-2-16-4)7-5(3)8(9(14)15)12-11-7/h2-3,13H,1H2,(H,11,12)(H,14,15). The second-order valence-corrected chi connectivity index (χ2v) is 3.51. The Hall–Kier alpha value is -2.15. The predicted molar refractivity (Wildman–Crippen MR) is 49.7 cm³/mol. The maximum atomic E-state index is 10.9. The lowest BCUT2D eigenvalue weighted by molar-refractivity contribution is 0.0682. The van der Waals surface area contributed by atoms with Crippen LogP contribution in [0.15, 0.2) is 10.8 Å². The first kappa shape index (κ1) is 9.10. The van der Waals surface area contributed by atoms with Crippen molar-refractivity contribution in [2.75, 3.05) is 0 Å². The smallest absolute Gasteiger partial charge is 0.354 e. The fraction of sp³-hybridized carbons (Fsp3) is 0.222. The van der Waals surface area contributed by atoms with Gasteiger partial charge in [0, 0.05) is 12.0 Å². The Morgan fingerprint density at radius 3 is 3.12 bits per heavy atom. The van der Waals surface area contributed by atoms with E-state index in [4.69, 9.17) is 9.52 Å². The van der Waals surface area contributed by atoms with Gasteiger partial charge in [-0.1, -0.05) is 0 Å². The molecule has 0 fully saturated rings. The van der Waals surface area contributed by atoms with Crippen molar-refractivity contribution in [2.45, 2.75) is 12.5 Å². The van der Waals surface area contributed by atoms with Gasteiger partial charge in [-0.15, -0.1) is 0 Å². The maximum absolute atomic E-state index is 10.9. The molecule has 2 aromatic heterocycles. The minimum atomic E-state index is -1.15. The molecule has 7 heteroatoms. The minimum Gasteiger partial charge on any atom is -0.477 e. The summed E-state index contributed by atoms with van der Waals surface area (Å²) in [6.45, 7) is 0. The van der Waals surface area contributed by atoms with E-state index < -0.39 is 12.1 Å². The van der Waals surface area contributed by atoms with Crippen LogP contribution in [-0.4, -0.2) is 31.4 Å². The number of carboxylic acids is 1. The summed E-state index contributed by atoms with van der Waals surface area (Å²) < 4.78 is 5.08. The molecule has 1 atom stereocenters. The van der Waals surface area contributed by atoms with Gasteiger partial charge in [0.15, 0.2) is 6.39 Å². The topological polar surface area (TPSA) is 112 Å². The molecule has 82 valence electrons. The van der Waals surface area contributed by atoms with Gasteiger partial charge in [0.2, 0.25) is 0 Å². The Kier molecular flexibility index (Phi) is 1.66. The fourth-order valence-corrected chi connectivity index (χ4v) is 1.90. The molecular formula is C9H7N3O4. The molecule has 1 aliphatic rings. The number of aliphatic hydroxyl groups excluding tert-OH is 1. The molecule has 1 aliphatic carbocycles. The van der Waals surface area contributed by atoms with Crippen LogP contribution in [0, 0.1) is 0 Å². The van der Waals surface area contributed by atoms with E-state index >= 15 is 0 Å². The third-order valence-electron chi connectivity index (χ3n) is 2.59. The molecule has 2 heterocycles. The van der Waals surface area contributed by atoms with E-state index in [0.29, 0.717) is 17.1 Å². The number of oxazole rings is 1. The van der Waals surface area contributed by atoms with Gasteiger partial charge in [-0.3, -0.25) is 5.10 Å². The first-order valence-corrected chi connectivity index (χ1v) is 4.61. The maximum Gasteiger partial charge on any atom is 0.354 e. The van der Waals surface area contributed by atoms with E-state index in [-0.39, 0.29) is 17.7 Å². The van der Waals surface area contributed by atoms with Gasteiger partial charge in [0.25, 0.3) is 0 Å². The Balaban J connectivity index is 2.27. The number of rotatable bonds is 1. The average Bonchev–Trinajstić information content (AvgIpc) is 2.80. The highest BCUT2D eigenvalue weighted by Crippen LogP contribution is 2.37. The average molecular weight is 221 g/mol. The quantitative estimate of drug-likeness (QED) is 0.640. The molecule has 0 bridgehead atoms. The van der Waals surface area contributed by atoms with Crippen LogP contribution in [0.2, 0.25) is 0 Å². The number of aliphatic hydroxyl groups is 1. The molecule has 16 heavy (non-hydrogen) atoms. The lowest BCUT2D eigenvalue weighted by Gasteiger charge is -2.15. The van der Waals surface area contributed by atoms with E-state index in [9.17, 15) is 9.90 Å². The van der Waals surface area contributed by atoms with E-state index in [1.54, 1.807) is 0 Å². The largest absolute Gasteiger partial charge is 0.477 e. The normalized spacial score (nSPS) is 17.9. The van der Waals surface area contributed by atoms with Gasteiger partial charge in [0.1, 0.15) is 22.8 Å². The van der Waals surface area contributed by atoms with Gasteiger partial charge in [-0.2, -0.15) is 5.10 Å². The van der Waals surface area contributed by atoms with Crippen LogP contribution >= 0.6 is 0 Å². The van der Waals surface area contributed by atoms with Crippen LogP contribution in [0.1, 0.15) is 27.9 Å². The molecular weight excluding hydrogens is 214 g/mol. The number of carboxylic acid groups (broad SMARTS) is 1. The van der Waals surface area contributed by atoms with Gasteiger partial charge in [0.05, 0.1) is 6.10 Å². The number of fused-ring (bicyclic) bond motifs is 3. The van der Waals surface area contributed by atoms with Crippen molar-refractivity contribution in [3.05, 3.63) is 23.4 Å². The molecule has 7 nitrogen and oxygen atoms in total. The van der Waals surface area contributed by atoms with Crippen LogP contribution in [0.4, 0.5) is 0 Å². The van der Waals surface area contributed by atoms with Crippen molar-refractivity contribution < 1.29 is 19.4 Å². The lowest BCUT2D eigenvalue weighted by Crippen LogP contribution is -2.12. The third kappa shape index (κ3) is 1.03. The summed E-state index contributed by atoms with van der Waals surface area (Å²) in [7, 11) is 0. The molecule has 0 saturated heterocycles. The summed E-state index contributed by atoms with van der Waals surface area (Å²) in [4.78, 5) is 14.9. The Morgan fingerprint density at radius 1 is 1.56 bits per heavy atom. The second-order valence-electron chi connectivity index (χ2n) is 3.51. The number of aromatic nitrogens is 3. The summed E-state index contributed by atoms with van der Waals surface area (Å²) in [5, 5.41) is 25.0. The molecule has 0 aliphatic heterocycles. The number of hydrogen-bond acceptors (Lipinski definition) is 5.